The largest absolute Gasteiger partial charge is 0.388 e. The van der Waals surface area contributed by atoms with Crippen LogP contribution in [0.4, 0.5) is 0 Å². The molecule has 0 spiro atoms. The van der Waals surface area contributed by atoms with Gasteiger partial charge in [0.2, 0.25) is 0 Å². The molecule has 0 aliphatic carbocycles. The van der Waals surface area contributed by atoms with Gasteiger partial charge in [-0.05, 0) is 18.4 Å². The molecule has 1 aromatic rings. The highest BCUT2D eigenvalue weighted by molar-refractivity contribution is 5.71. The van der Waals surface area contributed by atoms with Gasteiger partial charge in [-0.15, -0.1) is 0 Å². The van der Waals surface area contributed by atoms with E-state index in [-0.39, 0.29) is 0 Å². The molecule has 17 heavy (non-hydrogen) atoms. The summed E-state index contributed by atoms with van der Waals surface area (Å²) in [6, 6.07) is 8.07. The average Bonchev–Trinajstić information content (AvgIpc) is 2.38. The maximum absolute atomic E-state index is 4.29. The monoisotopic (exact) mass is 227 g/mol. The zero-order chi connectivity index (χ0) is 12.5. The van der Waals surface area contributed by atoms with Crippen LogP contribution in [-0.4, -0.2) is 20.0 Å². The van der Waals surface area contributed by atoms with E-state index in [0.717, 1.165) is 16.8 Å². The molecule has 0 heterocycles. The zero-order valence-electron chi connectivity index (χ0n) is 10.1. The first-order valence-corrected chi connectivity index (χ1v) is 5.35. The van der Waals surface area contributed by atoms with E-state index in [0.29, 0.717) is 6.54 Å². The Morgan fingerprint density at radius 2 is 2.18 bits per heavy atom. The first-order valence-electron chi connectivity index (χ1n) is 5.35. The summed E-state index contributed by atoms with van der Waals surface area (Å²) in [7, 11) is 1.86. The highest BCUT2D eigenvalue weighted by Crippen LogP contribution is 2.15. The van der Waals surface area contributed by atoms with Crippen molar-refractivity contribution >= 4 is 18.6 Å². The molecule has 0 aliphatic heterocycles. The lowest BCUT2D eigenvalue weighted by Crippen LogP contribution is -2.05. The first-order chi connectivity index (χ1) is 8.29. The van der Waals surface area contributed by atoms with E-state index in [1.54, 1.807) is 18.5 Å². The molecule has 0 unspecified atom stereocenters. The normalized spacial score (nSPS) is 10.9. The molecule has 0 amide bonds. The van der Waals surface area contributed by atoms with Crippen LogP contribution in [0.15, 0.2) is 53.1 Å². The smallest absolute Gasteiger partial charge is 0.0646 e. The van der Waals surface area contributed by atoms with Crippen molar-refractivity contribution in [3.05, 3.63) is 54.2 Å². The molecule has 0 saturated carbocycles. The summed E-state index contributed by atoms with van der Waals surface area (Å²) in [5.41, 5.74) is 3.14. The van der Waals surface area contributed by atoms with Gasteiger partial charge in [0.05, 0.1) is 6.54 Å². The minimum atomic E-state index is 0.623. The van der Waals surface area contributed by atoms with Crippen molar-refractivity contribution in [3.63, 3.8) is 0 Å². The molecule has 0 atom stereocenters. The van der Waals surface area contributed by atoms with Gasteiger partial charge in [-0.25, -0.2) is 0 Å². The predicted octanol–water partition coefficient (Wildman–Crippen LogP) is 2.66. The van der Waals surface area contributed by atoms with Gasteiger partial charge in [0.1, 0.15) is 0 Å². The quantitative estimate of drug-likeness (QED) is 0.745. The Hall–Kier alpha value is -2.16. The minimum Gasteiger partial charge on any atom is -0.388 e. The molecule has 88 valence electrons. The lowest BCUT2D eigenvalue weighted by Gasteiger charge is -2.09. The fourth-order valence-electron chi connectivity index (χ4n) is 1.40. The van der Waals surface area contributed by atoms with E-state index in [1.807, 2.05) is 31.3 Å². The van der Waals surface area contributed by atoms with Crippen molar-refractivity contribution in [2.24, 2.45) is 9.98 Å². The summed E-state index contributed by atoms with van der Waals surface area (Å²) in [5.74, 6) is 0. The number of allylic oxidation sites excluding steroid dienone is 1. The number of rotatable bonds is 6. The summed E-state index contributed by atoms with van der Waals surface area (Å²) in [4.78, 5) is 7.88. The Balaban J connectivity index is 2.77. The molecule has 1 rings (SSSR count). The van der Waals surface area contributed by atoms with Crippen molar-refractivity contribution < 1.29 is 0 Å². The van der Waals surface area contributed by atoms with Crippen LogP contribution in [-0.2, 0) is 6.54 Å². The van der Waals surface area contributed by atoms with Crippen molar-refractivity contribution in [1.29, 1.82) is 0 Å². The zero-order valence-corrected chi connectivity index (χ0v) is 10.1. The SMILES string of the molecule is C=N/C=C\C=NCc1ccccc1C(=C)NC. The van der Waals surface area contributed by atoms with Crippen LogP contribution in [0.25, 0.3) is 5.70 Å². The van der Waals surface area contributed by atoms with Crippen LogP contribution in [0.2, 0.25) is 0 Å². The number of benzene rings is 1. The molecule has 0 radical (unpaired) electrons. The maximum Gasteiger partial charge on any atom is 0.0646 e. The lowest BCUT2D eigenvalue weighted by molar-refractivity contribution is 1.05. The maximum atomic E-state index is 4.29. The van der Waals surface area contributed by atoms with Crippen LogP contribution in [0.1, 0.15) is 11.1 Å². The fourth-order valence-corrected chi connectivity index (χ4v) is 1.40. The van der Waals surface area contributed by atoms with Crippen LogP contribution in [0.3, 0.4) is 0 Å². The third kappa shape index (κ3) is 4.07. The standard InChI is InChI=1S/C14H17N3/c1-12(16-3)14-8-5-4-7-13(14)11-17-10-6-9-15-2/h4-10,16H,1-2,11H2,3H3/b9-6-,17-10?. The Bertz CT molecular complexity index is 445. The van der Waals surface area contributed by atoms with Crippen LogP contribution in [0.5, 0.6) is 0 Å². The minimum absolute atomic E-state index is 0.623. The summed E-state index contributed by atoms with van der Waals surface area (Å²) in [5, 5.41) is 3.05. The molecule has 3 nitrogen and oxygen atoms in total. The summed E-state index contributed by atoms with van der Waals surface area (Å²) >= 11 is 0. The summed E-state index contributed by atoms with van der Waals surface area (Å²) in [6.45, 7) is 7.93. The number of aliphatic imine (C=N–C) groups is 2. The van der Waals surface area contributed by atoms with E-state index in [1.165, 1.54) is 0 Å². The molecule has 0 aliphatic rings. The third-order valence-electron chi connectivity index (χ3n) is 2.29. The molecule has 1 N–H and O–H groups in total. The topological polar surface area (TPSA) is 36.8 Å². The van der Waals surface area contributed by atoms with Gasteiger partial charge >= 0.3 is 0 Å². The van der Waals surface area contributed by atoms with Gasteiger partial charge in [0.15, 0.2) is 0 Å². The molecular weight excluding hydrogens is 210 g/mol. The second-order valence-electron chi connectivity index (χ2n) is 3.40. The molecular formula is C14H17N3. The van der Waals surface area contributed by atoms with Crippen LogP contribution in [0, 0.1) is 0 Å². The molecule has 1 aromatic carbocycles. The Labute approximate surface area is 102 Å². The van der Waals surface area contributed by atoms with E-state index >= 15 is 0 Å². The van der Waals surface area contributed by atoms with Gasteiger partial charge in [0, 0.05) is 30.7 Å². The van der Waals surface area contributed by atoms with Crippen molar-refractivity contribution in [3.8, 4) is 0 Å². The van der Waals surface area contributed by atoms with E-state index in [4.69, 9.17) is 0 Å². The molecule has 3 heteroatoms. The number of hydrogen-bond donors (Lipinski definition) is 1. The van der Waals surface area contributed by atoms with Gasteiger partial charge in [0.25, 0.3) is 0 Å². The highest BCUT2D eigenvalue weighted by Gasteiger charge is 2.02. The van der Waals surface area contributed by atoms with E-state index in [2.05, 4.69) is 28.6 Å². The van der Waals surface area contributed by atoms with E-state index < -0.39 is 0 Å². The number of nitrogens with one attached hydrogen (secondary N) is 1. The van der Waals surface area contributed by atoms with Gasteiger partial charge in [-0.2, -0.15) is 0 Å². The summed E-state index contributed by atoms with van der Waals surface area (Å²) < 4.78 is 0. The second kappa shape index (κ2) is 7.17. The number of nitrogens with zero attached hydrogens (tertiary/aromatic N) is 2. The van der Waals surface area contributed by atoms with Crippen molar-refractivity contribution in [2.75, 3.05) is 7.05 Å². The van der Waals surface area contributed by atoms with E-state index in [9.17, 15) is 0 Å². The summed E-state index contributed by atoms with van der Waals surface area (Å²) in [6.07, 6.45) is 5.07. The van der Waals surface area contributed by atoms with Gasteiger partial charge in [-0.1, -0.05) is 30.8 Å². The third-order valence-corrected chi connectivity index (χ3v) is 2.29. The Morgan fingerprint density at radius 1 is 1.41 bits per heavy atom. The highest BCUT2D eigenvalue weighted by atomic mass is 14.8. The van der Waals surface area contributed by atoms with Crippen molar-refractivity contribution in [1.82, 2.24) is 5.32 Å². The average molecular weight is 227 g/mol. The second-order valence-corrected chi connectivity index (χ2v) is 3.40. The molecule has 0 fully saturated rings. The van der Waals surface area contributed by atoms with Crippen LogP contribution < -0.4 is 5.32 Å². The number of hydrogen-bond acceptors (Lipinski definition) is 3. The van der Waals surface area contributed by atoms with Gasteiger partial charge < -0.3 is 5.32 Å². The first kappa shape index (κ1) is 12.9. The molecule has 0 saturated heterocycles. The molecule has 0 bridgehead atoms. The Morgan fingerprint density at radius 3 is 2.88 bits per heavy atom. The van der Waals surface area contributed by atoms with Crippen LogP contribution >= 0.6 is 0 Å². The molecule has 0 aromatic heterocycles. The fraction of sp³-hybridized carbons (Fsp3) is 0.143. The van der Waals surface area contributed by atoms with Gasteiger partial charge in [-0.3, -0.25) is 9.98 Å². The van der Waals surface area contributed by atoms with Crippen molar-refractivity contribution in [2.45, 2.75) is 6.54 Å². The Kier molecular flexibility index (Phi) is 5.44. The predicted molar refractivity (Wildman–Crippen MR) is 75.4 cm³/mol. The lowest BCUT2D eigenvalue weighted by atomic mass is 10.1.